The number of H-pyrrole nitrogens is 1. The molecule has 5 nitrogen and oxygen atoms in total. The van der Waals surface area contributed by atoms with E-state index < -0.39 is 0 Å². The smallest absolute Gasteiger partial charge is 0.137 e. The number of benzene rings is 1. The average molecular weight is 288 g/mol. The van der Waals surface area contributed by atoms with Gasteiger partial charge in [0.15, 0.2) is 0 Å². The second kappa shape index (κ2) is 9.13. The fraction of sp³-hybridized carbons (Fsp3) is 0.500. The maximum absolute atomic E-state index is 5.65. The monoisotopic (exact) mass is 288 g/mol. The zero-order valence-electron chi connectivity index (χ0n) is 12.6. The van der Waals surface area contributed by atoms with Crippen molar-refractivity contribution >= 4 is 0 Å². The first-order valence-electron chi connectivity index (χ1n) is 7.65. The van der Waals surface area contributed by atoms with Crippen molar-refractivity contribution in [3.05, 3.63) is 42.0 Å². The zero-order valence-corrected chi connectivity index (χ0v) is 12.6. The molecule has 0 amide bonds. The van der Waals surface area contributed by atoms with E-state index in [1.165, 1.54) is 5.56 Å². The zero-order chi connectivity index (χ0) is 14.8. The van der Waals surface area contributed by atoms with Crippen LogP contribution in [0.1, 0.15) is 37.6 Å². The highest BCUT2D eigenvalue weighted by molar-refractivity contribution is 5.27. The van der Waals surface area contributed by atoms with Crippen LogP contribution in [0, 0.1) is 0 Å². The van der Waals surface area contributed by atoms with Crippen LogP contribution in [0.5, 0.6) is 5.75 Å². The third-order valence-corrected chi connectivity index (χ3v) is 3.25. The number of unbranched alkanes of at least 4 members (excludes halogenated alkanes) is 1. The molecule has 0 saturated carbocycles. The second-order valence-electron chi connectivity index (χ2n) is 5.06. The molecular weight excluding hydrogens is 264 g/mol. The quantitative estimate of drug-likeness (QED) is 0.660. The Morgan fingerprint density at radius 3 is 2.76 bits per heavy atom. The molecule has 0 unspecified atom stereocenters. The maximum atomic E-state index is 5.65. The number of nitrogens with one attached hydrogen (secondary N) is 2. The molecule has 2 aromatic rings. The van der Waals surface area contributed by atoms with E-state index in [2.05, 4.69) is 39.6 Å². The first kappa shape index (κ1) is 15.5. The summed E-state index contributed by atoms with van der Waals surface area (Å²) in [6.07, 6.45) is 5.79. The molecule has 0 aliphatic carbocycles. The van der Waals surface area contributed by atoms with Gasteiger partial charge in [0, 0.05) is 13.0 Å². The minimum Gasteiger partial charge on any atom is -0.494 e. The number of aromatic nitrogens is 3. The predicted molar refractivity (Wildman–Crippen MR) is 83.3 cm³/mol. The predicted octanol–water partition coefficient (Wildman–Crippen LogP) is 2.71. The van der Waals surface area contributed by atoms with Gasteiger partial charge in [-0.15, -0.1) is 0 Å². The van der Waals surface area contributed by atoms with Crippen LogP contribution in [0.25, 0.3) is 0 Å². The molecule has 0 fully saturated rings. The van der Waals surface area contributed by atoms with E-state index >= 15 is 0 Å². The van der Waals surface area contributed by atoms with Crippen molar-refractivity contribution in [3.63, 3.8) is 0 Å². The number of ether oxygens (including phenoxy) is 1. The average Bonchev–Trinajstić information content (AvgIpc) is 3.02. The normalized spacial score (nSPS) is 10.7. The molecule has 0 spiro atoms. The molecule has 114 valence electrons. The molecule has 0 aliphatic rings. The Morgan fingerprint density at radius 1 is 1.19 bits per heavy atom. The third-order valence-electron chi connectivity index (χ3n) is 3.25. The van der Waals surface area contributed by atoms with Crippen molar-refractivity contribution in [1.29, 1.82) is 0 Å². The highest BCUT2D eigenvalue weighted by Gasteiger charge is 1.97. The molecule has 0 atom stereocenters. The van der Waals surface area contributed by atoms with E-state index in [1.807, 2.05) is 12.1 Å². The van der Waals surface area contributed by atoms with Gasteiger partial charge in [-0.3, -0.25) is 5.10 Å². The lowest BCUT2D eigenvalue weighted by Gasteiger charge is -2.07. The van der Waals surface area contributed by atoms with E-state index in [9.17, 15) is 0 Å². The molecule has 0 bridgehead atoms. The maximum Gasteiger partial charge on any atom is 0.137 e. The van der Waals surface area contributed by atoms with Crippen LogP contribution in [0.4, 0.5) is 0 Å². The number of hydrogen-bond donors (Lipinski definition) is 2. The van der Waals surface area contributed by atoms with Crippen molar-refractivity contribution in [1.82, 2.24) is 20.5 Å². The molecule has 0 aliphatic heterocycles. The van der Waals surface area contributed by atoms with E-state index in [0.717, 1.165) is 57.0 Å². The van der Waals surface area contributed by atoms with Crippen LogP contribution in [0.2, 0.25) is 0 Å². The van der Waals surface area contributed by atoms with Crippen LogP contribution in [0.3, 0.4) is 0 Å². The van der Waals surface area contributed by atoms with Crippen molar-refractivity contribution in [2.45, 2.75) is 39.2 Å². The standard InChI is InChI=1S/C16H24N4O/c1-2-3-11-21-15-8-6-14(7-9-15)12-17-10-4-5-16-18-13-19-20-16/h6-9,13,17H,2-5,10-12H2,1H3,(H,18,19,20). The lowest BCUT2D eigenvalue weighted by Crippen LogP contribution is -2.15. The Kier molecular flexibility index (Phi) is 6.74. The lowest BCUT2D eigenvalue weighted by atomic mass is 10.2. The van der Waals surface area contributed by atoms with Gasteiger partial charge >= 0.3 is 0 Å². The fourth-order valence-electron chi connectivity index (χ4n) is 2.00. The SMILES string of the molecule is CCCCOc1ccc(CNCCCc2ncn[nH]2)cc1. The lowest BCUT2D eigenvalue weighted by molar-refractivity contribution is 0.309. The van der Waals surface area contributed by atoms with Crippen LogP contribution in [0.15, 0.2) is 30.6 Å². The van der Waals surface area contributed by atoms with Crippen LogP contribution in [-0.4, -0.2) is 28.3 Å². The van der Waals surface area contributed by atoms with Gasteiger partial charge in [0.2, 0.25) is 0 Å². The summed E-state index contributed by atoms with van der Waals surface area (Å²) in [5, 5.41) is 10.1. The second-order valence-corrected chi connectivity index (χ2v) is 5.06. The molecule has 1 aromatic carbocycles. The van der Waals surface area contributed by atoms with Crippen molar-refractivity contribution < 1.29 is 4.74 Å². The highest BCUT2D eigenvalue weighted by atomic mass is 16.5. The van der Waals surface area contributed by atoms with Crippen LogP contribution in [-0.2, 0) is 13.0 Å². The molecule has 0 saturated heterocycles. The first-order valence-corrected chi connectivity index (χ1v) is 7.65. The first-order chi connectivity index (χ1) is 10.4. The van der Waals surface area contributed by atoms with Gasteiger partial charge in [-0.25, -0.2) is 4.98 Å². The summed E-state index contributed by atoms with van der Waals surface area (Å²) < 4.78 is 5.65. The minimum absolute atomic E-state index is 0.801. The van der Waals surface area contributed by atoms with Gasteiger partial charge in [0.25, 0.3) is 0 Å². The molecule has 0 radical (unpaired) electrons. The third kappa shape index (κ3) is 5.95. The van der Waals surface area contributed by atoms with E-state index in [4.69, 9.17) is 4.74 Å². The van der Waals surface area contributed by atoms with Gasteiger partial charge in [-0.1, -0.05) is 25.5 Å². The Morgan fingerprint density at radius 2 is 2.05 bits per heavy atom. The molecule has 2 rings (SSSR count). The highest BCUT2D eigenvalue weighted by Crippen LogP contribution is 2.12. The summed E-state index contributed by atoms with van der Waals surface area (Å²) in [7, 11) is 0. The van der Waals surface area contributed by atoms with Crippen molar-refractivity contribution in [2.24, 2.45) is 0 Å². The van der Waals surface area contributed by atoms with Crippen molar-refractivity contribution in [3.8, 4) is 5.75 Å². The number of aryl methyl sites for hydroxylation is 1. The van der Waals surface area contributed by atoms with Gasteiger partial charge in [-0.2, -0.15) is 5.10 Å². The van der Waals surface area contributed by atoms with E-state index in [-0.39, 0.29) is 0 Å². The summed E-state index contributed by atoms with van der Waals surface area (Å²) in [5.41, 5.74) is 1.28. The van der Waals surface area contributed by atoms with E-state index in [1.54, 1.807) is 6.33 Å². The summed E-state index contributed by atoms with van der Waals surface area (Å²) in [5.74, 6) is 1.91. The molecule has 5 heteroatoms. The van der Waals surface area contributed by atoms with E-state index in [0.29, 0.717) is 0 Å². The van der Waals surface area contributed by atoms with Crippen LogP contribution >= 0.6 is 0 Å². The molecule has 2 N–H and O–H groups in total. The Hall–Kier alpha value is -1.88. The van der Waals surface area contributed by atoms with Gasteiger partial charge < -0.3 is 10.1 Å². The summed E-state index contributed by atoms with van der Waals surface area (Å²) in [6, 6.07) is 8.32. The number of hydrogen-bond acceptors (Lipinski definition) is 4. The topological polar surface area (TPSA) is 62.8 Å². The molecule has 21 heavy (non-hydrogen) atoms. The summed E-state index contributed by atoms with van der Waals surface area (Å²) in [6.45, 7) is 4.82. The van der Waals surface area contributed by atoms with Gasteiger partial charge in [-0.05, 0) is 37.1 Å². The largest absolute Gasteiger partial charge is 0.494 e. The van der Waals surface area contributed by atoms with Crippen LogP contribution < -0.4 is 10.1 Å². The fourth-order valence-corrected chi connectivity index (χ4v) is 2.00. The number of aromatic amines is 1. The Bertz CT molecular complexity index is 481. The van der Waals surface area contributed by atoms with Crippen molar-refractivity contribution in [2.75, 3.05) is 13.2 Å². The molecule has 1 aromatic heterocycles. The Labute approximate surface area is 126 Å². The number of rotatable bonds is 10. The number of nitrogens with zero attached hydrogens (tertiary/aromatic N) is 2. The van der Waals surface area contributed by atoms with Gasteiger partial charge in [0.1, 0.15) is 17.9 Å². The van der Waals surface area contributed by atoms with Gasteiger partial charge in [0.05, 0.1) is 6.61 Å². The minimum atomic E-state index is 0.801. The summed E-state index contributed by atoms with van der Waals surface area (Å²) in [4.78, 5) is 4.10. The Balaban J connectivity index is 1.59. The molecular formula is C16H24N4O. The summed E-state index contributed by atoms with van der Waals surface area (Å²) >= 11 is 0. The molecule has 1 heterocycles.